The zero-order valence-corrected chi connectivity index (χ0v) is 14.2. The molecule has 0 saturated heterocycles. The lowest BCUT2D eigenvalue weighted by Crippen LogP contribution is -2.03. The molecule has 3 rings (SSSR count). The SMILES string of the molecule is FC(F)(F)c1ccc(-c2csc(Nc3cc(Cl)cc(Cl)c3)n2)cc1. The van der Waals surface area contributed by atoms with Crippen LogP contribution in [0.5, 0.6) is 0 Å². The van der Waals surface area contributed by atoms with Crippen LogP contribution in [0.4, 0.5) is 24.0 Å². The minimum atomic E-state index is -4.35. The second kappa shape index (κ2) is 6.63. The molecule has 2 aromatic carbocycles. The molecule has 1 heterocycles. The highest BCUT2D eigenvalue weighted by Gasteiger charge is 2.30. The summed E-state index contributed by atoms with van der Waals surface area (Å²) in [6.07, 6.45) is -4.35. The predicted octanol–water partition coefficient (Wildman–Crippen LogP) is 6.88. The summed E-state index contributed by atoms with van der Waals surface area (Å²) in [5.41, 5.74) is 1.19. The number of hydrogen-bond acceptors (Lipinski definition) is 3. The number of thiazole rings is 1. The molecule has 1 N–H and O–H groups in total. The summed E-state index contributed by atoms with van der Waals surface area (Å²) in [4.78, 5) is 4.37. The Hall–Kier alpha value is -1.76. The molecule has 0 atom stereocenters. The van der Waals surface area contributed by atoms with Crippen molar-refractivity contribution in [3.8, 4) is 11.3 Å². The van der Waals surface area contributed by atoms with E-state index in [0.717, 1.165) is 12.1 Å². The van der Waals surface area contributed by atoms with Crippen molar-refractivity contribution in [1.29, 1.82) is 0 Å². The number of nitrogens with zero attached hydrogens (tertiary/aromatic N) is 1. The number of halogens is 5. The van der Waals surface area contributed by atoms with Gasteiger partial charge in [-0.3, -0.25) is 0 Å². The molecule has 0 aliphatic rings. The van der Waals surface area contributed by atoms with Gasteiger partial charge in [0.25, 0.3) is 0 Å². The fraction of sp³-hybridized carbons (Fsp3) is 0.0625. The van der Waals surface area contributed by atoms with Crippen LogP contribution in [0.3, 0.4) is 0 Å². The van der Waals surface area contributed by atoms with Gasteiger partial charge in [-0.15, -0.1) is 11.3 Å². The van der Waals surface area contributed by atoms with Crippen LogP contribution in [0.2, 0.25) is 10.0 Å². The van der Waals surface area contributed by atoms with E-state index in [1.165, 1.54) is 23.5 Å². The summed E-state index contributed by atoms with van der Waals surface area (Å²) in [5, 5.41) is 6.40. The topological polar surface area (TPSA) is 24.9 Å². The third kappa shape index (κ3) is 4.01. The smallest absolute Gasteiger partial charge is 0.331 e. The van der Waals surface area contributed by atoms with Crippen molar-refractivity contribution in [3.05, 3.63) is 63.5 Å². The molecular formula is C16H9Cl2F3N2S. The maximum atomic E-state index is 12.6. The number of nitrogens with one attached hydrogen (secondary N) is 1. The van der Waals surface area contributed by atoms with Crippen molar-refractivity contribution in [3.63, 3.8) is 0 Å². The molecule has 0 amide bonds. The van der Waals surface area contributed by atoms with E-state index in [1.807, 2.05) is 0 Å². The third-order valence-corrected chi connectivity index (χ3v) is 4.32. The van der Waals surface area contributed by atoms with Gasteiger partial charge in [-0.25, -0.2) is 4.98 Å². The monoisotopic (exact) mass is 388 g/mol. The summed E-state index contributed by atoms with van der Waals surface area (Å²) in [7, 11) is 0. The van der Waals surface area contributed by atoms with Gasteiger partial charge in [0.05, 0.1) is 11.3 Å². The van der Waals surface area contributed by atoms with Gasteiger partial charge >= 0.3 is 6.18 Å². The quantitative estimate of drug-likeness (QED) is 0.528. The Morgan fingerprint density at radius 2 is 1.58 bits per heavy atom. The summed E-state index contributed by atoms with van der Waals surface area (Å²) in [5.74, 6) is 0. The van der Waals surface area contributed by atoms with Gasteiger partial charge in [0.1, 0.15) is 0 Å². The molecule has 2 nitrogen and oxygen atoms in total. The van der Waals surface area contributed by atoms with Crippen molar-refractivity contribution in [2.45, 2.75) is 6.18 Å². The van der Waals surface area contributed by atoms with Gasteiger partial charge < -0.3 is 5.32 Å². The largest absolute Gasteiger partial charge is 0.416 e. The van der Waals surface area contributed by atoms with Gasteiger partial charge in [-0.05, 0) is 30.3 Å². The standard InChI is InChI=1S/C16H9Cl2F3N2S/c17-11-5-12(18)7-13(6-11)22-15-23-14(8-24-15)9-1-3-10(4-2-9)16(19,20)21/h1-8H,(H,22,23). The molecule has 0 aliphatic heterocycles. The third-order valence-electron chi connectivity index (χ3n) is 3.13. The second-order valence-corrected chi connectivity index (χ2v) is 6.63. The van der Waals surface area contributed by atoms with Crippen molar-refractivity contribution in [2.75, 3.05) is 5.32 Å². The van der Waals surface area contributed by atoms with Crippen LogP contribution in [-0.4, -0.2) is 4.98 Å². The molecule has 1 aromatic heterocycles. The Balaban J connectivity index is 1.80. The maximum Gasteiger partial charge on any atom is 0.416 e. The van der Waals surface area contributed by atoms with Gasteiger partial charge in [-0.2, -0.15) is 13.2 Å². The minimum Gasteiger partial charge on any atom is -0.331 e. The zero-order chi connectivity index (χ0) is 17.3. The van der Waals surface area contributed by atoms with E-state index in [9.17, 15) is 13.2 Å². The summed E-state index contributed by atoms with van der Waals surface area (Å²) in [6, 6.07) is 9.90. The van der Waals surface area contributed by atoms with Gasteiger partial charge in [-0.1, -0.05) is 35.3 Å². The van der Waals surface area contributed by atoms with E-state index in [4.69, 9.17) is 23.2 Å². The first kappa shape index (κ1) is 17.1. The number of aromatic nitrogens is 1. The van der Waals surface area contributed by atoms with E-state index in [0.29, 0.717) is 32.1 Å². The first-order valence-electron chi connectivity index (χ1n) is 6.67. The molecule has 124 valence electrons. The molecule has 0 bridgehead atoms. The van der Waals surface area contributed by atoms with E-state index in [1.54, 1.807) is 23.6 Å². The number of rotatable bonds is 3. The van der Waals surface area contributed by atoms with Crippen molar-refractivity contribution < 1.29 is 13.2 Å². The van der Waals surface area contributed by atoms with Crippen molar-refractivity contribution >= 4 is 45.4 Å². The minimum absolute atomic E-state index is 0.490. The molecule has 24 heavy (non-hydrogen) atoms. The van der Waals surface area contributed by atoms with E-state index in [-0.39, 0.29) is 0 Å². The molecule has 0 saturated carbocycles. The molecule has 0 fully saturated rings. The molecule has 8 heteroatoms. The number of hydrogen-bond donors (Lipinski definition) is 1. The number of benzene rings is 2. The predicted molar refractivity (Wildman–Crippen MR) is 92.3 cm³/mol. The number of alkyl halides is 3. The van der Waals surface area contributed by atoms with Crippen LogP contribution in [0.1, 0.15) is 5.56 Å². The summed E-state index contributed by atoms with van der Waals surface area (Å²) in [6.45, 7) is 0. The van der Waals surface area contributed by atoms with Crippen LogP contribution >= 0.6 is 34.5 Å². The van der Waals surface area contributed by atoms with Gasteiger partial charge in [0.15, 0.2) is 5.13 Å². The molecule has 0 aliphatic carbocycles. The van der Waals surface area contributed by atoms with E-state index < -0.39 is 11.7 Å². The molecular weight excluding hydrogens is 380 g/mol. The molecule has 0 unspecified atom stereocenters. The van der Waals surface area contributed by atoms with Crippen molar-refractivity contribution in [1.82, 2.24) is 4.98 Å². The fourth-order valence-electron chi connectivity index (χ4n) is 2.04. The normalized spacial score (nSPS) is 11.5. The Bertz CT molecular complexity index is 840. The molecule has 3 aromatic rings. The zero-order valence-electron chi connectivity index (χ0n) is 11.9. The average molecular weight is 389 g/mol. The van der Waals surface area contributed by atoms with E-state index >= 15 is 0 Å². The Morgan fingerprint density at radius 3 is 2.17 bits per heavy atom. The van der Waals surface area contributed by atoms with Crippen LogP contribution in [-0.2, 0) is 6.18 Å². The first-order valence-corrected chi connectivity index (χ1v) is 8.31. The highest BCUT2D eigenvalue weighted by molar-refractivity contribution is 7.14. The lowest BCUT2D eigenvalue weighted by molar-refractivity contribution is -0.137. The Morgan fingerprint density at radius 1 is 0.958 bits per heavy atom. The number of anilines is 2. The van der Waals surface area contributed by atoms with Gasteiger partial charge in [0, 0.05) is 26.7 Å². The van der Waals surface area contributed by atoms with Crippen LogP contribution in [0, 0.1) is 0 Å². The Kier molecular flexibility index (Phi) is 4.71. The van der Waals surface area contributed by atoms with Crippen LogP contribution < -0.4 is 5.32 Å². The maximum absolute atomic E-state index is 12.6. The van der Waals surface area contributed by atoms with Crippen LogP contribution in [0.15, 0.2) is 47.8 Å². The van der Waals surface area contributed by atoms with Gasteiger partial charge in [0.2, 0.25) is 0 Å². The lowest BCUT2D eigenvalue weighted by Gasteiger charge is -2.06. The van der Waals surface area contributed by atoms with Crippen LogP contribution in [0.25, 0.3) is 11.3 Å². The second-order valence-electron chi connectivity index (χ2n) is 4.90. The van der Waals surface area contributed by atoms with Crippen molar-refractivity contribution in [2.24, 2.45) is 0 Å². The summed E-state index contributed by atoms with van der Waals surface area (Å²) < 4.78 is 37.8. The highest BCUT2D eigenvalue weighted by Crippen LogP contribution is 2.33. The molecule has 0 radical (unpaired) electrons. The fourth-order valence-corrected chi connectivity index (χ4v) is 3.31. The first-order chi connectivity index (χ1) is 11.3. The molecule has 0 spiro atoms. The average Bonchev–Trinajstić information content (AvgIpc) is 2.94. The van der Waals surface area contributed by atoms with E-state index in [2.05, 4.69) is 10.3 Å². The summed E-state index contributed by atoms with van der Waals surface area (Å²) >= 11 is 13.2. The Labute approximate surface area is 149 Å². The highest BCUT2D eigenvalue weighted by atomic mass is 35.5. The lowest BCUT2D eigenvalue weighted by atomic mass is 10.1.